The van der Waals surface area contributed by atoms with Crippen molar-refractivity contribution >= 4 is 0 Å². The molecule has 0 bridgehead atoms. The van der Waals surface area contributed by atoms with E-state index in [4.69, 9.17) is 0 Å². The lowest BCUT2D eigenvalue weighted by Gasteiger charge is -2.29. The molecule has 1 saturated carbocycles. The van der Waals surface area contributed by atoms with Gasteiger partial charge in [-0.15, -0.1) is 0 Å². The Bertz CT molecular complexity index is 326. The lowest BCUT2D eigenvalue weighted by molar-refractivity contribution is 0.260. The normalized spacial score (nSPS) is 19.4. The minimum Gasteiger partial charge on any atom is -0.330 e. The molecule has 1 aromatic rings. The van der Waals surface area contributed by atoms with Crippen molar-refractivity contribution in [3.05, 3.63) is 18.2 Å². The van der Waals surface area contributed by atoms with E-state index < -0.39 is 0 Å². The average molecular weight is 235 g/mol. The topological polar surface area (TPSA) is 29.9 Å². The van der Waals surface area contributed by atoms with E-state index in [0.717, 1.165) is 19.0 Å². The number of nitrogens with one attached hydrogen (secondary N) is 1. The molecular formula is C14H25N3. The summed E-state index contributed by atoms with van der Waals surface area (Å²) in [5.74, 6) is 0.846. The van der Waals surface area contributed by atoms with Crippen LogP contribution in [0.5, 0.6) is 0 Å². The minimum absolute atomic E-state index is 0.603. The highest BCUT2D eigenvalue weighted by Gasteiger charge is 2.22. The zero-order valence-electron chi connectivity index (χ0n) is 11.2. The van der Waals surface area contributed by atoms with Crippen molar-refractivity contribution in [2.75, 3.05) is 6.54 Å². The van der Waals surface area contributed by atoms with Crippen LogP contribution in [0.4, 0.5) is 0 Å². The second-order valence-corrected chi connectivity index (χ2v) is 5.21. The number of hydrogen-bond donors (Lipinski definition) is 1. The van der Waals surface area contributed by atoms with Crippen molar-refractivity contribution in [1.29, 1.82) is 0 Å². The Labute approximate surface area is 105 Å². The van der Waals surface area contributed by atoms with Crippen molar-refractivity contribution in [2.45, 2.75) is 58.5 Å². The molecule has 1 atom stereocenters. The molecule has 0 aromatic carbocycles. The van der Waals surface area contributed by atoms with Crippen LogP contribution < -0.4 is 5.32 Å². The van der Waals surface area contributed by atoms with Gasteiger partial charge in [0.15, 0.2) is 0 Å². The molecule has 17 heavy (non-hydrogen) atoms. The van der Waals surface area contributed by atoms with Gasteiger partial charge in [-0.25, -0.2) is 4.98 Å². The molecule has 2 rings (SSSR count). The van der Waals surface area contributed by atoms with E-state index in [9.17, 15) is 0 Å². The van der Waals surface area contributed by atoms with Crippen LogP contribution in [0.25, 0.3) is 0 Å². The smallest absolute Gasteiger partial charge is 0.0951 e. The van der Waals surface area contributed by atoms with Gasteiger partial charge >= 0.3 is 0 Å². The molecule has 1 unspecified atom stereocenters. The lowest BCUT2D eigenvalue weighted by Crippen LogP contribution is -2.22. The van der Waals surface area contributed by atoms with Gasteiger partial charge in [0.05, 0.1) is 12.0 Å². The summed E-state index contributed by atoms with van der Waals surface area (Å²) >= 11 is 0. The van der Waals surface area contributed by atoms with Crippen molar-refractivity contribution in [1.82, 2.24) is 14.9 Å². The van der Waals surface area contributed by atoms with Crippen molar-refractivity contribution in [3.8, 4) is 0 Å². The van der Waals surface area contributed by atoms with E-state index in [1.54, 1.807) is 0 Å². The van der Waals surface area contributed by atoms with Crippen LogP contribution in [0.1, 0.15) is 57.7 Å². The summed E-state index contributed by atoms with van der Waals surface area (Å²) in [6, 6.07) is 0.603. The van der Waals surface area contributed by atoms with Gasteiger partial charge in [0.2, 0.25) is 0 Å². The Balaban J connectivity index is 2.01. The highest BCUT2D eigenvalue weighted by molar-refractivity contribution is 5.00. The summed E-state index contributed by atoms with van der Waals surface area (Å²) in [4.78, 5) is 4.31. The van der Waals surface area contributed by atoms with Gasteiger partial charge in [-0.2, -0.15) is 0 Å². The molecule has 0 saturated heterocycles. The van der Waals surface area contributed by atoms with Crippen LogP contribution in [0, 0.1) is 5.92 Å². The molecule has 3 heteroatoms. The highest BCUT2D eigenvalue weighted by Crippen LogP contribution is 2.33. The summed E-state index contributed by atoms with van der Waals surface area (Å²) in [5.41, 5.74) is 1.32. The summed E-state index contributed by atoms with van der Waals surface area (Å²) in [6.45, 7) is 6.45. The van der Waals surface area contributed by atoms with Crippen LogP contribution in [-0.4, -0.2) is 16.1 Å². The first-order chi connectivity index (χ1) is 8.33. The number of rotatable bonds is 5. The number of nitrogens with zero attached hydrogens (tertiary/aromatic N) is 2. The van der Waals surface area contributed by atoms with E-state index in [1.807, 2.05) is 12.5 Å². The number of aromatic nitrogens is 2. The largest absolute Gasteiger partial charge is 0.330 e. The first-order valence-corrected chi connectivity index (χ1v) is 7.04. The maximum Gasteiger partial charge on any atom is 0.0951 e. The second kappa shape index (κ2) is 6.20. The molecule has 1 aliphatic carbocycles. The maximum atomic E-state index is 4.31. The van der Waals surface area contributed by atoms with E-state index in [1.165, 1.54) is 37.8 Å². The predicted octanol–water partition coefficient (Wildman–Crippen LogP) is 3.13. The molecule has 1 N–H and O–H groups in total. The van der Waals surface area contributed by atoms with Gasteiger partial charge in [0.1, 0.15) is 0 Å². The van der Waals surface area contributed by atoms with Crippen LogP contribution in [0.15, 0.2) is 12.5 Å². The van der Waals surface area contributed by atoms with Crippen molar-refractivity contribution in [3.63, 3.8) is 0 Å². The maximum absolute atomic E-state index is 4.31. The van der Waals surface area contributed by atoms with Gasteiger partial charge in [-0.3, -0.25) is 0 Å². The Hall–Kier alpha value is -0.830. The van der Waals surface area contributed by atoms with Gasteiger partial charge < -0.3 is 9.88 Å². The van der Waals surface area contributed by atoms with Crippen molar-refractivity contribution in [2.24, 2.45) is 5.92 Å². The van der Waals surface area contributed by atoms with E-state index in [-0.39, 0.29) is 0 Å². The molecule has 0 amide bonds. The van der Waals surface area contributed by atoms with E-state index in [2.05, 4.69) is 28.7 Å². The molecule has 0 aliphatic heterocycles. The molecule has 1 aliphatic rings. The summed E-state index contributed by atoms with van der Waals surface area (Å²) in [5, 5.41) is 3.39. The third-order valence-corrected chi connectivity index (χ3v) is 4.07. The monoisotopic (exact) mass is 235 g/mol. The van der Waals surface area contributed by atoms with E-state index in [0.29, 0.717) is 6.04 Å². The Morgan fingerprint density at radius 2 is 2.18 bits per heavy atom. The van der Waals surface area contributed by atoms with Crippen LogP contribution in [0.3, 0.4) is 0 Å². The quantitative estimate of drug-likeness (QED) is 0.849. The molecular weight excluding hydrogens is 210 g/mol. The van der Waals surface area contributed by atoms with Gasteiger partial charge in [0, 0.05) is 18.8 Å². The molecule has 1 fully saturated rings. The summed E-state index contributed by atoms with van der Waals surface area (Å²) in [6.07, 6.45) is 11.0. The number of imidazole rings is 1. The van der Waals surface area contributed by atoms with Crippen molar-refractivity contribution < 1.29 is 0 Å². The standard InChI is InChI=1S/C14H25N3/c1-3-15-9-14-10-16-11-17(14)12(2)13-7-5-4-6-8-13/h10-13,15H,3-9H2,1-2H3. The Morgan fingerprint density at radius 3 is 2.88 bits per heavy atom. The molecule has 1 aromatic heterocycles. The average Bonchev–Trinajstić information content (AvgIpc) is 2.84. The first-order valence-electron chi connectivity index (χ1n) is 7.04. The summed E-state index contributed by atoms with van der Waals surface area (Å²) in [7, 11) is 0. The Morgan fingerprint density at radius 1 is 1.41 bits per heavy atom. The third kappa shape index (κ3) is 3.09. The van der Waals surface area contributed by atoms with Gasteiger partial charge in [-0.05, 0) is 32.2 Å². The van der Waals surface area contributed by atoms with Crippen LogP contribution in [-0.2, 0) is 6.54 Å². The van der Waals surface area contributed by atoms with Crippen LogP contribution in [0.2, 0.25) is 0 Å². The minimum atomic E-state index is 0.603. The second-order valence-electron chi connectivity index (χ2n) is 5.21. The lowest BCUT2D eigenvalue weighted by atomic mass is 9.84. The fourth-order valence-corrected chi connectivity index (χ4v) is 2.93. The van der Waals surface area contributed by atoms with Gasteiger partial charge in [0.25, 0.3) is 0 Å². The fraction of sp³-hybridized carbons (Fsp3) is 0.786. The summed E-state index contributed by atoms with van der Waals surface area (Å²) < 4.78 is 2.37. The molecule has 3 nitrogen and oxygen atoms in total. The fourth-order valence-electron chi connectivity index (χ4n) is 2.93. The molecule has 0 radical (unpaired) electrons. The Kier molecular flexibility index (Phi) is 4.60. The predicted molar refractivity (Wildman–Crippen MR) is 70.9 cm³/mol. The molecule has 96 valence electrons. The third-order valence-electron chi connectivity index (χ3n) is 4.07. The zero-order valence-corrected chi connectivity index (χ0v) is 11.2. The zero-order chi connectivity index (χ0) is 12.1. The van der Waals surface area contributed by atoms with Crippen LogP contribution >= 0.6 is 0 Å². The molecule has 1 heterocycles. The highest BCUT2D eigenvalue weighted by atomic mass is 15.1. The number of hydrogen-bond acceptors (Lipinski definition) is 2. The van der Waals surface area contributed by atoms with Gasteiger partial charge in [-0.1, -0.05) is 26.2 Å². The first kappa shape index (κ1) is 12.6. The molecule has 0 spiro atoms. The SMILES string of the molecule is CCNCc1cncn1C(C)C1CCCCC1. The van der Waals surface area contributed by atoms with E-state index >= 15 is 0 Å².